The Morgan fingerprint density at radius 2 is 1.50 bits per heavy atom. The van der Waals surface area contributed by atoms with Gasteiger partial charge in [-0.25, -0.2) is 4.90 Å². The summed E-state index contributed by atoms with van der Waals surface area (Å²) in [6.07, 6.45) is 3.74. The van der Waals surface area contributed by atoms with Crippen LogP contribution in [0.3, 0.4) is 0 Å². The first-order valence-electron chi connectivity index (χ1n) is 8.53. The molecule has 3 aromatic rings. The third-order valence-corrected chi connectivity index (χ3v) is 5.46. The van der Waals surface area contributed by atoms with Crippen molar-refractivity contribution in [1.82, 2.24) is 0 Å². The van der Waals surface area contributed by atoms with Crippen LogP contribution in [0.2, 0.25) is 0 Å². The maximum atomic E-state index is 12.7. The van der Waals surface area contributed by atoms with Crippen molar-refractivity contribution in [3.8, 4) is 0 Å². The van der Waals surface area contributed by atoms with E-state index < -0.39 is 0 Å². The van der Waals surface area contributed by atoms with Gasteiger partial charge in [0, 0.05) is 16.8 Å². The molecular formula is C20H17NO3. The highest BCUT2D eigenvalue weighted by molar-refractivity contribution is 6.22. The van der Waals surface area contributed by atoms with Gasteiger partial charge in [0.1, 0.15) is 11.2 Å². The predicted octanol–water partition coefficient (Wildman–Crippen LogP) is 4.27. The minimum absolute atomic E-state index is 0.0415. The number of carbonyl (C=O) groups is 2. The number of fused-ring (bicyclic) bond motifs is 4. The van der Waals surface area contributed by atoms with Crippen molar-refractivity contribution in [1.29, 1.82) is 0 Å². The van der Waals surface area contributed by atoms with Crippen LogP contribution < -0.4 is 4.90 Å². The quantitative estimate of drug-likeness (QED) is 0.630. The Hall–Kier alpha value is -2.62. The number of hydrogen-bond acceptors (Lipinski definition) is 3. The number of nitrogens with zero attached hydrogens (tertiary/aromatic N) is 1. The maximum absolute atomic E-state index is 12.7. The molecule has 1 saturated heterocycles. The van der Waals surface area contributed by atoms with Gasteiger partial charge in [-0.2, -0.15) is 0 Å². The number of anilines is 1. The number of para-hydroxylation sites is 1. The number of hydrogen-bond donors (Lipinski definition) is 0. The number of amides is 2. The van der Waals surface area contributed by atoms with E-state index in [1.165, 1.54) is 4.90 Å². The normalized spacial score (nSPS) is 24.1. The number of furan rings is 1. The second-order valence-electron chi connectivity index (χ2n) is 6.79. The molecular weight excluding hydrogens is 302 g/mol. The second kappa shape index (κ2) is 4.94. The molecule has 0 unspecified atom stereocenters. The fourth-order valence-corrected chi connectivity index (χ4v) is 4.27. The second-order valence-corrected chi connectivity index (χ2v) is 6.79. The molecule has 2 fully saturated rings. The van der Waals surface area contributed by atoms with E-state index in [-0.39, 0.29) is 23.7 Å². The van der Waals surface area contributed by atoms with Crippen molar-refractivity contribution in [3.63, 3.8) is 0 Å². The van der Waals surface area contributed by atoms with E-state index >= 15 is 0 Å². The van der Waals surface area contributed by atoms with E-state index in [0.29, 0.717) is 11.3 Å². The number of benzene rings is 2. The summed E-state index contributed by atoms with van der Waals surface area (Å²) >= 11 is 0. The van der Waals surface area contributed by atoms with Crippen LogP contribution in [0, 0.1) is 11.8 Å². The van der Waals surface area contributed by atoms with Crippen LogP contribution in [0.15, 0.2) is 46.9 Å². The SMILES string of the molecule is O=C1[C@H]2CCCC[C@H]2C(=O)N1c1ccc2c(c1)oc1ccccc12. The van der Waals surface area contributed by atoms with E-state index in [2.05, 4.69) is 0 Å². The summed E-state index contributed by atoms with van der Waals surface area (Å²) in [7, 11) is 0. The lowest BCUT2D eigenvalue weighted by atomic mass is 9.81. The van der Waals surface area contributed by atoms with Crippen LogP contribution in [-0.2, 0) is 9.59 Å². The van der Waals surface area contributed by atoms with Gasteiger partial charge in [0.2, 0.25) is 11.8 Å². The van der Waals surface area contributed by atoms with Crippen LogP contribution >= 0.6 is 0 Å². The Morgan fingerprint density at radius 3 is 2.25 bits per heavy atom. The van der Waals surface area contributed by atoms with Crippen LogP contribution in [0.4, 0.5) is 5.69 Å². The van der Waals surface area contributed by atoms with Gasteiger partial charge in [-0.1, -0.05) is 31.0 Å². The fraction of sp³-hybridized carbons (Fsp3) is 0.300. The van der Waals surface area contributed by atoms with Gasteiger partial charge >= 0.3 is 0 Å². The standard InChI is InChI=1S/C20H17NO3/c22-19-15-6-1-2-7-16(15)20(23)21(19)12-9-10-14-13-5-3-4-8-17(13)24-18(14)11-12/h3-5,8-11,15-16H,1-2,6-7H2/t15-,16+. The van der Waals surface area contributed by atoms with Gasteiger partial charge in [0.15, 0.2) is 0 Å². The fourth-order valence-electron chi connectivity index (χ4n) is 4.27. The van der Waals surface area contributed by atoms with Crippen molar-refractivity contribution in [3.05, 3.63) is 42.5 Å². The molecule has 1 aliphatic heterocycles. The Bertz CT molecular complexity index is 963. The minimum atomic E-state index is -0.127. The first-order chi connectivity index (χ1) is 11.7. The molecule has 1 aliphatic carbocycles. The zero-order chi connectivity index (χ0) is 16.3. The minimum Gasteiger partial charge on any atom is -0.456 e. The average molecular weight is 319 g/mol. The Kier molecular flexibility index (Phi) is 2.84. The molecule has 2 aliphatic rings. The summed E-state index contributed by atoms with van der Waals surface area (Å²) in [6, 6.07) is 13.5. The summed E-state index contributed by atoms with van der Waals surface area (Å²) in [6.45, 7) is 0. The van der Waals surface area contributed by atoms with Gasteiger partial charge in [0.05, 0.1) is 17.5 Å². The number of carbonyl (C=O) groups excluding carboxylic acids is 2. The zero-order valence-electron chi connectivity index (χ0n) is 13.2. The summed E-state index contributed by atoms with van der Waals surface area (Å²) in [5, 5.41) is 2.05. The molecule has 0 N–H and O–H groups in total. The summed E-state index contributed by atoms with van der Waals surface area (Å²) in [4.78, 5) is 26.8. The molecule has 2 aromatic carbocycles. The zero-order valence-corrected chi connectivity index (χ0v) is 13.2. The van der Waals surface area contributed by atoms with Crippen molar-refractivity contribution in [2.24, 2.45) is 11.8 Å². The van der Waals surface area contributed by atoms with Crippen molar-refractivity contribution < 1.29 is 14.0 Å². The lowest BCUT2D eigenvalue weighted by Gasteiger charge is -2.19. The molecule has 1 aromatic heterocycles. The maximum Gasteiger partial charge on any atom is 0.237 e. The summed E-state index contributed by atoms with van der Waals surface area (Å²) in [5.41, 5.74) is 2.16. The van der Waals surface area contributed by atoms with Gasteiger partial charge in [-0.15, -0.1) is 0 Å². The third kappa shape index (κ3) is 1.80. The largest absolute Gasteiger partial charge is 0.456 e. The van der Waals surface area contributed by atoms with Crippen LogP contribution in [0.1, 0.15) is 25.7 Å². The van der Waals surface area contributed by atoms with Gasteiger partial charge in [-0.3, -0.25) is 9.59 Å². The Labute approximate surface area is 139 Å². The molecule has 2 heterocycles. The molecule has 4 nitrogen and oxygen atoms in total. The van der Waals surface area contributed by atoms with Gasteiger partial charge in [0.25, 0.3) is 0 Å². The molecule has 0 bridgehead atoms. The van der Waals surface area contributed by atoms with Gasteiger partial charge < -0.3 is 4.42 Å². The summed E-state index contributed by atoms with van der Waals surface area (Å²) < 4.78 is 5.89. The van der Waals surface area contributed by atoms with Crippen LogP contribution in [0.5, 0.6) is 0 Å². The molecule has 24 heavy (non-hydrogen) atoms. The molecule has 120 valence electrons. The van der Waals surface area contributed by atoms with E-state index in [1.54, 1.807) is 0 Å². The van der Waals surface area contributed by atoms with Gasteiger partial charge in [-0.05, 0) is 31.0 Å². The Morgan fingerprint density at radius 1 is 0.833 bits per heavy atom. The topological polar surface area (TPSA) is 50.5 Å². The van der Waals surface area contributed by atoms with Crippen molar-refractivity contribution >= 4 is 39.4 Å². The highest BCUT2D eigenvalue weighted by Gasteiger charge is 2.48. The third-order valence-electron chi connectivity index (χ3n) is 5.46. The molecule has 0 spiro atoms. The smallest absolute Gasteiger partial charge is 0.237 e. The van der Waals surface area contributed by atoms with Crippen molar-refractivity contribution in [2.75, 3.05) is 4.90 Å². The molecule has 2 atom stereocenters. The number of rotatable bonds is 1. The van der Waals surface area contributed by atoms with E-state index in [0.717, 1.165) is 42.0 Å². The molecule has 2 amide bonds. The van der Waals surface area contributed by atoms with Crippen LogP contribution in [0.25, 0.3) is 21.9 Å². The van der Waals surface area contributed by atoms with E-state index in [1.807, 2.05) is 42.5 Å². The number of imide groups is 1. The lowest BCUT2D eigenvalue weighted by molar-refractivity contribution is -0.122. The monoisotopic (exact) mass is 319 g/mol. The summed E-state index contributed by atoms with van der Waals surface area (Å²) in [5.74, 6) is -0.337. The van der Waals surface area contributed by atoms with E-state index in [4.69, 9.17) is 4.42 Å². The molecule has 1 saturated carbocycles. The van der Waals surface area contributed by atoms with Crippen molar-refractivity contribution in [2.45, 2.75) is 25.7 Å². The highest BCUT2D eigenvalue weighted by atomic mass is 16.3. The molecule has 5 rings (SSSR count). The first-order valence-corrected chi connectivity index (χ1v) is 8.53. The Balaban J connectivity index is 1.62. The molecule has 0 radical (unpaired) electrons. The highest BCUT2D eigenvalue weighted by Crippen LogP contribution is 2.41. The predicted molar refractivity (Wildman–Crippen MR) is 91.7 cm³/mol. The molecule has 4 heteroatoms. The average Bonchev–Trinajstić information content (AvgIpc) is 3.10. The lowest BCUT2D eigenvalue weighted by Crippen LogP contribution is -2.30. The van der Waals surface area contributed by atoms with E-state index in [9.17, 15) is 9.59 Å². The van der Waals surface area contributed by atoms with Crippen LogP contribution in [-0.4, -0.2) is 11.8 Å². The first kappa shape index (κ1) is 13.8.